The Hall–Kier alpha value is -6.84. The number of carbonyl (C=O) groups is 2. The van der Waals surface area contributed by atoms with Crippen molar-refractivity contribution in [3.63, 3.8) is 0 Å². The highest BCUT2D eigenvalue weighted by atomic mass is 16.4. The molecule has 0 atom stereocenters. The van der Waals surface area contributed by atoms with Crippen LogP contribution in [0.25, 0.3) is 67.7 Å². The molecule has 6 N–H and O–H groups in total. The third kappa shape index (κ3) is 6.03. The SMILES string of the molecule is NCc1nc2c(ccc3c[nH]c(/C=C/c4ccccc4)cc32)c1C(=O)O.O=C1NCc2nc3c(ccc4c[nH]c(/C=C/c5ccccc5)cc43)c21. The van der Waals surface area contributed by atoms with Gasteiger partial charge in [-0.05, 0) is 46.2 Å². The quantitative estimate of drug-likeness (QED) is 0.121. The second kappa shape index (κ2) is 13.2. The van der Waals surface area contributed by atoms with Crippen LogP contribution < -0.4 is 11.1 Å². The molecule has 0 fully saturated rings. The van der Waals surface area contributed by atoms with Gasteiger partial charge in [0.25, 0.3) is 5.91 Å². The zero-order chi connectivity index (χ0) is 34.9. The Morgan fingerprint density at radius 3 is 1.80 bits per heavy atom. The summed E-state index contributed by atoms with van der Waals surface area (Å²) in [5.41, 5.74) is 13.6. The summed E-state index contributed by atoms with van der Waals surface area (Å²) in [6.07, 6.45) is 12.0. The normalized spacial score (nSPS) is 12.6. The van der Waals surface area contributed by atoms with Crippen LogP contribution in [-0.4, -0.2) is 36.9 Å². The second-order valence-electron chi connectivity index (χ2n) is 12.3. The first kappa shape index (κ1) is 31.4. The molecule has 0 aliphatic carbocycles. The van der Waals surface area contributed by atoms with Gasteiger partial charge >= 0.3 is 5.97 Å². The minimum atomic E-state index is -1.00. The maximum Gasteiger partial charge on any atom is 0.338 e. The summed E-state index contributed by atoms with van der Waals surface area (Å²) in [7, 11) is 0. The van der Waals surface area contributed by atoms with E-state index in [2.05, 4.69) is 50.6 Å². The van der Waals surface area contributed by atoms with Crippen LogP contribution in [0.15, 0.2) is 109 Å². The molecule has 248 valence electrons. The first-order chi connectivity index (χ1) is 25.0. The monoisotopic (exact) mass is 668 g/mol. The van der Waals surface area contributed by atoms with Gasteiger partial charge in [-0.3, -0.25) is 4.79 Å². The molecule has 0 unspecified atom stereocenters. The summed E-state index contributed by atoms with van der Waals surface area (Å²) < 4.78 is 0. The molecule has 0 saturated carbocycles. The molecule has 9 heteroatoms. The third-order valence-corrected chi connectivity index (χ3v) is 9.06. The molecule has 51 heavy (non-hydrogen) atoms. The first-order valence-electron chi connectivity index (χ1n) is 16.5. The lowest BCUT2D eigenvalue weighted by atomic mass is 10.1. The lowest BCUT2D eigenvalue weighted by molar-refractivity contribution is 0.0697. The molecule has 0 bridgehead atoms. The van der Waals surface area contributed by atoms with Crippen LogP contribution >= 0.6 is 0 Å². The van der Waals surface area contributed by atoms with Gasteiger partial charge in [0, 0.05) is 51.9 Å². The maximum atomic E-state index is 12.0. The summed E-state index contributed by atoms with van der Waals surface area (Å²) >= 11 is 0. The van der Waals surface area contributed by atoms with Crippen molar-refractivity contribution in [3.8, 4) is 0 Å². The van der Waals surface area contributed by atoms with E-state index in [4.69, 9.17) is 10.7 Å². The number of fused-ring (bicyclic) bond motifs is 8. The number of rotatable bonds is 6. The number of nitrogens with zero attached hydrogens (tertiary/aromatic N) is 2. The molecule has 9 rings (SSSR count). The number of hydrogen-bond donors (Lipinski definition) is 5. The molecule has 0 saturated heterocycles. The summed E-state index contributed by atoms with van der Waals surface area (Å²) in [5.74, 6) is -1.03. The van der Waals surface area contributed by atoms with E-state index in [0.717, 1.165) is 66.2 Å². The van der Waals surface area contributed by atoms with Gasteiger partial charge < -0.3 is 26.1 Å². The van der Waals surface area contributed by atoms with Crippen molar-refractivity contribution in [1.82, 2.24) is 25.3 Å². The number of carboxylic acid groups (broad SMARTS) is 1. The van der Waals surface area contributed by atoms with Gasteiger partial charge in [0.05, 0.1) is 40.1 Å². The highest BCUT2D eigenvalue weighted by molar-refractivity contribution is 6.17. The van der Waals surface area contributed by atoms with Crippen LogP contribution in [-0.2, 0) is 13.1 Å². The van der Waals surface area contributed by atoms with Crippen LogP contribution in [0, 0.1) is 0 Å². The van der Waals surface area contributed by atoms with Crippen molar-refractivity contribution >= 4 is 79.5 Å². The molecule has 4 aromatic carbocycles. The number of nitrogens with two attached hydrogens (primary N) is 1. The van der Waals surface area contributed by atoms with E-state index in [-0.39, 0.29) is 18.0 Å². The molecular weight excluding hydrogens is 637 g/mol. The Bertz CT molecular complexity index is 2670. The fourth-order valence-electron chi connectivity index (χ4n) is 6.57. The van der Waals surface area contributed by atoms with Gasteiger partial charge in [-0.1, -0.05) is 97.1 Å². The van der Waals surface area contributed by atoms with Crippen LogP contribution in [0.2, 0.25) is 0 Å². The van der Waals surface area contributed by atoms with Crippen molar-refractivity contribution in [3.05, 3.63) is 154 Å². The zero-order valence-corrected chi connectivity index (χ0v) is 27.4. The summed E-state index contributed by atoms with van der Waals surface area (Å²) in [6, 6.07) is 32.0. The summed E-state index contributed by atoms with van der Waals surface area (Å²) in [4.78, 5) is 39.4. The Labute approximate surface area is 292 Å². The van der Waals surface area contributed by atoms with Gasteiger partial charge in [-0.25, -0.2) is 14.8 Å². The fourth-order valence-corrected chi connectivity index (χ4v) is 6.57. The number of amides is 1. The van der Waals surface area contributed by atoms with Gasteiger partial charge in [0.2, 0.25) is 0 Å². The molecule has 9 nitrogen and oxygen atoms in total. The number of hydrogen-bond acceptors (Lipinski definition) is 5. The number of aromatic amines is 2. The van der Waals surface area contributed by atoms with Gasteiger partial charge in [0.1, 0.15) is 0 Å². The second-order valence-corrected chi connectivity index (χ2v) is 12.3. The van der Waals surface area contributed by atoms with Crippen LogP contribution in [0.1, 0.15) is 54.6 Å². The first-order valence-corrected chi connectivity index (χ1v) is 16.5. The van der Waals surface area contributed by atoms with Crippen LogP contribution in [0.4, 0.5) is 0 Å². The number of carboxylic acids is 1. The predicted molar refractivity (Wildman–Crippen MR) is 204 cm³/mol. The molecule has 8 aromatic rings. The van der Waals surface area contributed by atoms with E-state index in [9.17, 15) is 14.7 Å². The molecule has 0 spiro atoms. The Balaban J connectivity index is 0.000000147. The summed E-state index contributed by atoms with van der Waals surface area (Å²) in [6.45, 7) is 0.613. The molecule has 5 heterocycles. The van der Waals surface area contributed by atoms with Crippen LogP contribution in [0.5, 0.6) is 0 Å². The highest BCUT2D eigenvalue weighted by Gasteiger charge is 2.26. The molecule has 0 radical (unpaired) electrons. The number of carbonyl (C=O) groups excluding carboxylic acids is 1. The van der Waals surface area contributed by atoms with E-state index >= 15 is 0 Å². The van der Waals surface area contributed by atoms with Gasteiger partial charge in [0.15, 0.2) is 0 Å². The highest BCUT2D eigenvalue weighted by Crippen LogP contribution is 2.32. The summed E-state index contributed by atoms with van der Waals surface area (Å²) in [5, 5.41) is 17.9. The van der Waals surface area contributed by atoms with Crippen molar-refractivity contribution in [2.75, 3.05) is 0 Å². The Kier molecular flexibility index (Phi) is 8.15. The minimum absolute atomic E-state index is 0.0245. The molecule has 1 amide bonds. The zero-order valence-electron chi connectivity index (χ0n) is 27.4. The van der Waals surface area contributed by atoms with Crippen molar-refractivity contribution in [2.45, 2.75) is 13.1 Å². The predicted octanol–water partition coefficient (Wildman–Crippen LogP) is 8.17. The van der Waals surface area contributed by atoms with Crippen molar-refractivity contribution in [2.24, 2.45) is 5.73 Å². The van der Waals surface area contributed by atoms with E-state index in [1.165, 1.54) is 0 Å². The number of pyridine rings is 2. The lowest BCUT2D eigenvalue weighted by Crippen LogP contribution is -2.13. The smallest absolute Gasteiger partial charge is 0.338 e. The van der Waals surface area contributed by atoms with Gasteiger partial charge in [-0.2, -0.15) is 0 Å². The standard InChI is InChI=1S/C21H17N3O2.C21H15N3O/c22-11-18-19(21(25)26)16-9-7-14-12-23-15(10-17(14)20(16)24-18)8-6-13-4-2-1-3-5-13;25-21-19-16-9-7-14-11-22-15(8-6-13-4-2-1-3-5-13)10-17(14)20(16)24-18(19)12-23-21/h1-10,12,23H,11,22H2,(H,25,26);1-11,22H,12H2,(H,23,25)/b2*8-6+. The molecule has 1 aliphatic rings. The minimum Gasteiger partial charge on any atom is -0.478 e. The number of H-pyrrole nitrogens is 2. The average molecular weight is 669 g/mol. The van der Waals surface area contributed by atoms with Crippen LogP contribution in [0.3, 0.4) is 0 Å². The molecule has 4 aromatic heterocycles. The van der Waals surface area contributed by atoms with Crippen molar-refractivity contribution < 1.29 is 14.7 Å². The average Bonchev–Trinajstić information content (AvgIpc) is 3.86. The number of nitrogens with one attached hydrogen (secondary N) is 3. The van der Waals surface area contributed by atoms with E-state index in [0.29, 0.717) is 23.1 Å². The Morgan fingerprint density at radius 1 is 0.706 bits per heavy atom. The maximum absolute atomic E-state index is 12.0. The number of benzene rings is 4. The van der Waals surface area contributed by atoms with E-state index in [1.54, 1.807) is 6.07 Å². The Morgan fingerprint density at radius 2 is 1.25 bits per heavy atom. The van der Waals surface area contributed by atoms with E-state index < -0.39 is 5.97 Å². The topological polar surface area (TPSA) is 150 Å². The largest absolute Gasteiger partial charge is 0.478 e. The van der Waals surface area contributed by atoms with Crippen molar-refractivity contribution in [1.29, 1.82) is 0 Å². The molecule has 1 aliphatic heterocycles. The van der Waals surface area contributed by atoms with Gasteiger partial charge in [-0.15, -0.1) is 0 Å². The lowest BCUT2D eigenvalue weighted by Gasteiger charge is -2.03. The molecular formula is C42H32N6O3. The van der Waals surface area contributed by atoms with E-state index in [1.807, 2.05) is 97.3 Å². The number of aromatic nitrogens is 4. The fraction of sp³-hybridized carbons (Fsp3) is 0.0476. The third-order valence-electron chi connectivity index (χ3n) is 9.06. The number of aromatic carboxylic acids is 1.